The van der Waals surface area contributed by atoms with Crippen LogP contribution in [-0.4, -0.2) is 23.6 Å². The Morgan fingerprint density at radius 3 is 2.53 bits per heavy atom. The van der Waals surface area contributed by atoms with Gasteiger partial charge in [-0.2, -0.15) is 5.26 Å². The molecule has 1 atom stereocenters. The zero-order valence-corrected chi connectivity index (χ0v) is 18.6. The summed E-state index contributed by atoms with van der Waals surface area (Å²) >= 11 is 0. The second kappa shape index (κ2) is 8.65. The Bertz CT molecular complexity index is 1490. The van der Waals surface area contributed by atoms with Crippen LogP contribution in [0.25, 0.3) is 10.9 Å². The first-order chi connectivity index (χ1) is 16.0. The Morgan fingerprint density at radius 2 is 1.85 bits per heavy atom. The van der Waals surface area contributed by atoms with Gasteiger partial charge in [-0.05, 0) is 61.4 Å². The molecule has 0 fully saturated rings. The molecule has 3 aromatic rings. The predicted octanol–water partition coefficient (Wildman–Crippen LogP) is 6.22. The van der Waals surface area contributed by atoms with Gasteiger partial charge in [-0.25, -0.2) is 30.0 Å². The van der Waals surface area contributed by atoms with E-state index in [0.717, 1.165) is 16.1 Å². The van der Waals surface area contributed by atoms with Gasteiger partial charge in [0.1, 0.15) is 34.0 Å². The van der Waals surface area contributed by atoms with Gasteiger partial charge in [-0.1, -0.05) is 6.08 Å². The van der Waals surface area contributed by atoms with Gasteiger partial charge >= 0.3 is 0 Å². The summed E-state index contributed by atoms with van der Waals surface area (Å²) in [6.07, 6.45) is -0.130. The van der Waals surface area contributed by atoms with Gasteiger partial charge in [0.15, 0.2) is 0 Å². The second-order valence-corrected chi connectivity index (χ2v) is 10.2. The number of rotatable bonds is 6. The lowest BCUT2D eigenvalue weighted by atomic mass is 9.95. The Labute approximate surface area is 193 Å². The van der Waals surface area contributed by atoms with Crippen molar-refractivity contribution < 1.29 is 30.7 Å². The lowest BCUT2D eigenvalue weighted by Gasteiger charge is -2.30. The zero-order valence-electron chi connectivity index (χ0n) is 17.8. The van der Waals surface area contributed by atoms with Crippen LogP contribution in [-0.2, 0) is 10.0 Å². The fourth-order valence-electron chi connectivity index (χ4n) is 3.72. The molecule has 0 spiro atoms. The molecule has 0 saturated heterocycles. The lowest BCUT2D eigenvalue weighted by Crippen LogP contribution is -2.40. The quantitative estimate of drug-likeness (QED) is 0.385. The van der Waals surface area contributed by atoms with Gasteiger partial charge < -0.3 is 4.74 Å². The number of fused-ring (bicyclic) bond motifs is 1. The number of alkyl halides is 2. The van der Waals surface area contributed by atoms with E-state index >= 15 is 0 Å². The number of benzene rings is 2. The van der Waals surface area contributed by atoms with Crippen LogP contribution in [0.15, 0.2) is 72.2 Å². The highest BCUT2D eigenvalue weighted by atomic mass is 32.2. The smallest absolute Gasteiger partial charge is 0.251 e. The molecule has 5 nitrogen and oxygen atoms in total. The van der Waals surface area contributed by atoms with E-state index in [0.29, 0.717) is 11.1 Å². The molecule has 0 amide bonds. The van der Waals surface area contributed by atoms with Gasteiger partial charge in [0.2, 0.25) is 6.43 Å². The van der Waals surface area contributed by atoms with Crippen molar-refractivity contribution in [3.63, 3.8) is 0 Å². The van der Waals surface area contributed by atoms with Crippen LogP contribution in [0, 0.1) is 17.1 Å². The molecule has 0 saturated carbocycles. The minimum atomic E-state index is -4.31. The number of nitriles is 1. The van der Waals surface area contributed by atoms with Gasteiger partial charge in [-0.15, -0.1) is 0 Å². The van der Waals surface area contributed by atoms with E-state index in [9.17, 15) is 26.0 Å². The standard InChI is InChI=1S/C24H18F4N2O3S/c1-24(8-6-15(10-22(24)26)11-23(27)28)34(31,32)30-9-7-16-12-19(3-5-21(16)30)33-18-2-4-20(25)17(13-18)14-29/h2-7,9-10,12-13,23H,8,11H2,1H3. The van der Waals surface area contributed by atoms with Crippen molar-refractivity contribution in [2.45, 2.75) is 30.9 Å². The summed E-state index contributed by atoms with van der Waals surface area (Å²) in [4.78, 5) is 0. The van der Waals surface area contributed by atoms with Gasteiger partial charge in [0.25, 0.3) is 10.0 Å². The second-order valence-electron chi connectivity index (χ2n) is 7.99. The van der Waals surface area contributed by atoms with Crippen LogP contribution in [0.4, 0.5) is 17.6 Å². The Kier molecular flexibility index (Phi) is 6.00. The number of hydrogen-bond acceptors (Lipinski definition) is 4. The molecule has 1 heterocycles. The van der Waals surface area contributed by atoms with E-state index in [2.05, 4.69) is 0 Å². The van der Waals surface area contributed by atoms with Crippen molar-refractivity contribution in [3.05, 3.63) is 83.6 Å². The van der Waals surface area contributed by atoms with Crippen molar-refractivity contribution >= 4 is 20.9 Å². The third-order valence-electron chi connectivity index (χ3n) is 5.71. The molecule has 10 heteroatoms. The third kappa shape index (κ3) is 4.07. The first kappa shape index (κ1) is 23.6. The summed E-state index contributed by atoms with van der Waals surface area (Å²) in [5, 5.41) is 9.43. The number of allylic oxidation sites excluding steroid dienone is 3. The molecule has 2 aromatic carbocycles. The molecule has 0 bridgehead atoms. The van der Waals surface area contributed by atoms with Crippen molar-refractivity contribution in [1.82, 2.24) is 3.97 Å². The normalized spacial score (nSPS) is 18.5. The van der Waals surface area contributed by atoms with Crippen LogP contribution in [0.2, 0.25) is 0 Å². The SMILES string of the molecule is CC1(S(=O)(=O)n2ccc3cc(Oc4ccc(F)c(C#N)c4)ccc32)CC=C(CC(F)F)C=C1F. The van der Waals surface area contributed by atoms with Gasteiger partial charge in [0.05, 0.1) is 11.1 Å². The van der Waals surface area contributed by atoms with E-state index in [1.165, 1.54) is 49.5 Å². The zero-order chi connectivity index (χ0) is 24.7. The molecule has 0 aliphatic heterocycles. The van der Waals surface area contributed by atoms with Crippen molar-refractivity contribution in [2.24, 2.45) is 0 Å². The van der Waals surface area contributed by atoms with Crippen molar-refractivity contribution in [1.29, 1.82) is 5.26 Å². The summed E-state index contributed by atoms with van der Waals surface area (Å²) in [5.41, 5.74) is 0.137. The minimum Gasteiger partial charge on any atom is -0.457 e. The number of halogens is 4. The van der Waals surface area contributed by atoms with E-state index in [-0.39, 0.29) is 28.8 Å². The molecule has 0 N–H and O–H groups in total. The molecule has 4 rings (SSSR count). The number of nitrogens with zero attached hydrogens (tertiary/aromatic N) is 2. The molecule has 176 valence electrons. The molecule has 1 aromatic heterocycles. The lowest BCUT2D eigenvalue weighted by molar-refractivity contribution is 0.149. The predicted molar refractivity (Wildman–Crippen MR) is 118 cm³/mol. The monoisotopic (exact) mass is 490 g/mol. The number of hydrogen-bond donors (Lipinski definition) is 0. The van der Waals surface area contributed by atoms with E-state index in [4.69, 9.17) is 10.00 Å². The van der Waals surface area contributed by atoms with Gasteiger partial charge in [0, 0.05) is 24.1 Å². The molecule has 0 radical (unpaired) electrons. The number of ether oxygens (including phenoxy) is 1. The van der Waals surface area contributed by atoms with Crippen LogP contribution in [0.1, 0.15) is 25.3 Å². The fourth-order valence-corrected chi connectivity index (χ4v) is 5.40. The molecule has 1 aliphatic rings. The average Bonchev–Trinajstić information content (AvgIpc) is 3.21. The maximum absolute atomic E-state index is 14.9. The Balaban J connectivity index is 1.65. The van der Waals surface area contributed by atoms with Crippen LogP contribution in [0.3, 0.4) is 0 Å². The minimum absolute atomic E-state index is 0.0553. The van der Waals surface area contributed by atoms with Crippen molar-refractivity contribution in [3.8, 4) is 17.6 Å². The topological polar surface area (TPSA) is 72.1 Å². The molecular formula is C24H18F4N2O3S. The van der Waals surface area contributed by atoms with Crippen molar-refractivity contribution in [2.75, 3.05) is 0 Å². The van der Waals surface area contributed by atoms with Crippen LogP contribution >= 0.6 is 0 Å². The molecule has 1 unspecified atom stereocenters. The molecular weight excluding hydrogens is 472 g/mol. The van der Waals surface area contributed by atoms with E-state index < -0.39 is 39.3 Å². The highest BCUT2D eigenvalue weighted by Crippen LogP contribution is 2.40. The third-order valence-corrected chi connectivity index (χ3v) is 8.05. The summed E-state index contributed by atoms with van der Waals surface area (Å²) in [5.74, 6) is -1.15. The van der Waals surface area contributed by atoms with Gasteiger partial charge in [-0.3, -0.25) is 0 Å². The summed E-state index contributed by atoms with van der Waals surface area (Å²) in [7, 11) is -4.31. The highest BCUT2D eigenvalue weighted by Gasteiger charge is 2.46. The highest BCUT2D eigenvalue weighted by molar-refractivity contribution is 7.91. The molecule has 1 aliphatic carbocycles. The maximum atomic E-state index is 14.9. The van der Waals surface area contributed by atoms with E-state index in [1.807, 2.05) is 0 Å². The first-order valence-corrected chi connectivity index (χ1v) is 11.6. The molecule has 34 heavy (non-hydrogen) atoms. The largest absolute Gasteiger partial charge is 0.457 e. The Morgan fingerprint density at radius 1 is 1.15 bits per heavy atom. The fraction of sp³-hybridized carbons (Fsp3) is 0.208. The van der Waals surface area contributed by atoms with E-state index in [1.54, 1.807) is 12.1 Å². The summed E-state index contributed by atoms with van der Waals surface area (Å²) in [6, 6.07) is 11.4. The maximum Gasteiger partial charge on any atom is 0.251 e. The average molecular weight is 490 g/mol. The summed E-state index contributed by atoms with van der Waals surface area (Å²) in [6.45, 7) is 1.22. The van der Waals surface area contributed by atoms with Crippen LogP contribution in [0.5, 0.6) is 11.5 Å². The summed E-state index contributed by atoms with van der Waals surface area (Å²) < 4.78 is 85.2. The number of aromatic nitrogens is 1. The Hall–Kier alpha value is -3.58. The first-order valence-electron chi connectivity index (χ1n) is 10.1. The van der Waals surface area contributed by atoms with Crippen LogP contribution < -0.4 is 4.74 Å².